The van der Waals surface area contributed by atoms with Crippen molar-refractivity contribution in [2.24, 2.45) is 7.05 Å². The maximum Gasteiger partial charge on any atom is 0.328 e. The summed E-state index contributed by atoms with van der Waals surface area (Å²) < 4.78 is 3.21. The highest BCUT2D eigenvalue weighted by molar-refractivity contribution is 5.89. The van der Waals surface area contributed by atoms with Crippen molar-refractivity contribution in [3.8, 4) is 0 Å². The topological polar surface area (TPSA) is 68.9 Å². The molecule has 0 saturated heterocycles. The van der Waals surface area contributed by atoms with E-state index in [0.717, 1.165) is 11.0 Å². The first-order chi connectivity index (χ1) is 10.7. The molecule has 6 nitrogen and oxygen atoms in total. The van der Waals surface area contributed by atoms with Gasteiger partial charge in [-0.25, -0.2) is 9.78 Å². The van der Waals surface area contributed by atoms with Gasteiger partial charge in [-0.3, -0.25) is 13.9 Å². The number of fused-ring (bicyclic) bond motifs is 1. The van der Waals surface area contributed by atoms with Crippen LogP contribution in [0.2, 0.25) is 0 Å². The van der Waals surface area contributed by atoms with Crippen LogP contribution in [-0.4, -0.2) is 20.0 Å². The van der Waals surface area contributed by atoms with Gasteiger partial charge in [-0.15, -0.1) is 0 Å². The summed E-state index contributed by atoms with van der Waals surface area (Å²) >= 11 is 0. The first kappa shape index (κ1) is 14.1. The Hall–Kier alpha value is -2.89. The van der Waals surface area contributed by atoms with Gasteiger partial charge in [0.2, 0.25) is 5.91 Å². The molecule has 0 spiro atoms. The predicted octanol–water partition coefficient (Wildman–Crippen LogP) is 1.76. The monoisotopic (exact) mass is 296 g/mol. The van der Waals surface area contributed by atoms with E-state index >= 15 is 0 Å². The number of anilines is 1. The fraction of sp³-hybridized carbons (Fsp3) is 0.188. The average molecular weight is 296 g/mol. The molecule has 2 heterocycles. The molecular weight excluding hydrogens is 280 g/mol. The third-order valence-electron chi connectivity index (χ3n) is 3.55. The molecule has 0 unspecified atom stereocenters. The third kappa shape index (κ3) is 2.63. The Balaban J connectivity index is 1.76. The maximum atomic E-state index is 12.2. The minimum atomic E-state index is -0.168. The highest BCUT2D eigenvalue weighted by Gasteiger charge is 2.11. The van der Waals surface area contributed by atoms with Gasteiger partial charge in [0.15, 0.2) is 0 Å². The number of para-hydroxylation sites is 2. The van der Waals surface area contributed by atoms with E-state index in [9.17, 15) is 9.59 Å². The van der Waals surface area contributed by atoms with E-state index in [-0.39, 0.29) is 18.0 Å². The van der Waals surface area contributed by atoms with Gasteiger partial charge in [0.25, 0.3) is 0 Å². The lowest BCUT2D eigenvalue weighted by molar-refractivity contribution is -0.116. The number of hydrogen-bond donors (Lipinski definition) is 1. The molecule has 112 valence electrons. The fourth-order valence-electron chi connectivity index (χ4n) is 2.43. The quantitative estimate of drug-likeness (QED) is 0.797. The van der Waals surface area contributed by atoms with Crippen LogP contribution in [0.15, 0.2) is 53.5 Å². The van der Waals surface area contributed by atoms with Gasteiger partial charge in [0.1, 0.15) is 5.82 Å². The Morgan fingerprint density at radius 1 is 1.14 bits per heavy atom. The lowest BCUT2D eigenvalue weighted by Gasteiger charge is -2.05. The van der Waals surface area contributed by atoms with E-state index in [4.69, 9.17) is 0 Å². The highest BCUT2D eigenvalue weighted by atomic mass is 16.2. The van der Waals surface area contributed by atoms with Crippen LogP contribution in [0.25, 0.3) is 11.0 Å². The maximum absolute atomic E-state index is 12.2. The van der Waals surface area contributed by atoms with Gasteiger partial charge < -0.3 is 5.32 Å². The zero-order chi connectivity index (χ0) is 15.5. The summed E-state index contributed by atoms with van der Waals surface area (Å²) in [6.45, 7) is 0.332. The van der Waals surface area contributed by atoms with Crippen molar-refractivity contribution in [2.45, 2.75) is 13.0 Å². The number of benzene rings is 1. The Morgan fingerprint density at radius 2 is 1.86 bits per heavy atom. The number of nitrogens with zero attached hydrogens (tertiary/aromatic N) is 3. The minimum absolute atomic E-state index is 0.119. The number of amides is 1. The number of hydrogen-bond acceptors (Lipinski definition) is 3. The van der Waals surface area contributed by atoms with E-state index in [2.05, 4.69) is 10.3 Å². The minimum Gasteiger partial charge on any atom is -0.311 e. The van der Waals surface area contributed by atoms with Gasteiger partial charge in [0.05, 0.1) is 11.0 Å². The van der Waals surface area contributed by atoms with Crippen molar-refractivity contribution in [2.75, 3.05) is 5.32 Å². The predicted molar refractivity (Wildman–Crippen MR) is 84.7 cm³/mol. The van der Waals surface area contributed by atoms with Gasteiger partial charge in [-0.1, -0.05) is 18.2 Å². The van der Waals surface area contributed by atoms with Crippen LogP contribution < -0.4 is 11.0 Å². The summed E-state index contributed by atoms with van der Waals surface area (Å²) in [6, 6.07) is 12.9. The van der Waals surface area contributed by atoms with Gasteiger partial charge in [-0.05, 0) is 24.3 Å². The zero-order valence-corrected chi connectivity index (χ0v) is 12.2. The van der Waals surface area contributed by atoms with Gasteiger partial charge >= 0.3 is 5.69 Å². The van der Waals surface area contributed by atoms with Crippen LogP contribution in [0.1, 0.15) is 6.42 Å². The van der Waals surface area contributed by atoms with E-state index in [1.165, 1.54) is 0 Å². The molecule has 3 rings (SSSR count). The zero-order valence-electron chi connectivity index (χ0n) is 12.2. The van der Waals surface area contributed by atoms with E-state index in [1.54, 1.807) is 40.6 Å². The normalized spacial score (nSPS) is 10.8. The number of nitrogens with one attached hydrogen (secondary N) is 1. The van der Waals surface area contributed by atoms with Crippen molar-refractivity contribution >= 4 is 22.8 Å². The molecule has 0 aliphatic heterocycles. The fourth-order valence-corrected chi connectivity index (χ4v) is 2.43. The summed E-state index contributed by atoms with van der Waals surface area (Å²) in [4.78, 5) is 28.2. The molecule has 0 aliphatic carbocycles. The SMILES string of the molecule is Cn1c(=O)n(CCC(=O)Nc2ccccn2)c2ccccc21. The van der Waals surface area contributed by atoms with Gasteiger partial charge in [-0.2, -0.15) is 0 Å². The molecule has 1 aromatic carbocycles. The summed E-state index contributed by atoms with van der Waals surface area (Å²) in [5, 5.41) is 2.71. The lowest BCUT2D eigenvalue weighted by Crippen LogP contribution is -2.24. The number of pyridine rings is 1. The second-order valence-electron chi connectivity index (χ2n) is 5.00. The Bertz CT molecular complexity index is 865. The molecule has 0 bridgehead atoms. The summed E-state index contributed by atoms with van der Waals surface area (Å²) in [6.07, 6.45) is 1.83. The number of rotatable bonds is 4. The summed E-state index contributed by atoms with van der Waals surface area (Å²) in [7, 11) is 1.73. The van der Waals surface area contributed by atoms with Gasteiger partial charge in [0, 0.05) is 26.2 Å². The number of aryl methyl sites for hydroxylation is 2. The molecule has 6 heteroatoms. The van der Waals surface area contributed by atoms with Crippen LogP contribution in [0.3, 0.4) is 0 Å². The van der Waals surface area contributed by atoms with Crippen molar-refractivity contribution in [1.82, 2.24) is 14.1 Å². The van der Waals surface area contributed by atoms with Crippen LogP contribution in [0.4, 0.5) is 5.82 Å². The molecule has 2 aromatic heterocycles. The average Bonchev–Trinajstić information content (AvgIpc) is 2.78. The Kier molecular flexibility index (Phi) is 3.74. The second kappa shape index (κ2) is 5.85. The molecule has 1 N–H and O–H groups in total. The molecule has 0 aliphatic rings. The first-order valence-electron chi connectivity index (χ1n) is 7.02. The molecule has 0 fully saturated rings. The van der Waals surface area contributed by atoms with Crippen LogP contribution >= 0.6 is 0 Å². The van der Waals surface area contributed by atoms with Crippen molar-refractivity contribution in [3.63, 3.8) is 0 Å². The van der Waals surface area contributed by atoms with Crippen LogP contribution in [0.5, 0.6) is 0 Å². The molecular formula is C16H16N4O2. The van der Waals surface area contributed by atoms with Crippen LogP contribution in [-0.2, 0) is 18.4 Å². The van der Waals surface area contributed by atoms with E-state index in [1.807, 2.05) is 24.3 Å². The highest BCUT2D eigenvalue weighted by Crippen LogP contribution is 2.12. The number of carbonyl (C=O) groups is 1. The smallest absolute Gasteiger partial charge is 0.311 e. The number of imidazole rings is 1. The summed E-state index contributed by atoms with van der Waals surface area (Å²) in [5.74, 6) is 0.344. The van der Waals surface area contributed by atoms with Crippen molar-refractivity contribution in [1.29, 1.82) is 0 Å². The first-order valence-corrected chi connectivity index (χ1v) is 7.02. The van der Waals surface area contributed by atoms with Crippen LogP contribution in [0, 0.1) is 0 Å². The molecule has 0 radical (unpaired) electrons. The molecule has 0 saturated carbocycles. The molecule has 0 atom stereocenters. The van der Waals surface area contributed by atoms with E-state index < -0.39 is 0 Å². The van der Waals surface area contributed by atoms with Crippen molar-refractivity contribution in [3.05, 3.63) is 59.1 Å². The standard InChI is InChI=1S/C16H16N4O2/c1-19-12-6-2-3-7-13(12)20(16(19)22)11-9-15(21)18-14-8-4-5-10-17-14/h2-8,10H,9,11H2,1H3,(H,17,18,21). The third-order valence-corrected chi connectivity index (χ3v) is 3.55. The largest absolute Gasteiger partial charge is 0.328 e. The van der Waals surface area contributed by atoms with E-state index in [0.29, 0.717) is 12.4 Å². The molecule has 3 aromatic rings. The Morgan fingerprint density at radius 3 is 2.59 bits per heavy atom. The lowest BCUT2D eigenvalue weighted by atomic mass is 10.3. The summed E-state index contributed by atoms with van der Waals surface area (Å²) in [5.41, 5.74) is 1.57. The molecule has 1 amide bonds. The number of aromatic nitrogens is 3. The van der Waals surface area contributed by atoms with Crippen molar-refractivity contribution < 1.29 is 4.79 Å². The molecule has 22 heavy (non-hydrogen) atoms. The number of carbonyl (C=O) groups excluding carboxylic acids is 1. The second-order valence-corrected chi connectivity index (χ2v) is 5.00. The Labute approximate surface area is 127 Å².